The van der Waals surface area contributed by atoms with Crippen LogP contribution in [0.3, 0.4) is 0 Å². The van der Waals surface area contributed by atoms with Gasteiger partial charge in [-0.2, -0.15) is 0 Å². The van der Waals surface area contributed by atoms with Gasteiger partial charge in [-0.25, -0.2) is 0 Å². The fourth-order valence-corrected chi connectivity index (χ4v) is 1.48. The summed E-state index contributed by atoms with van der Waals surface area (Å²) in [7, 11) is 3.69. The minimum absolute atomic E-state index is 0.0399. The molecule has 0 radical (unpaired) electrons. The first kappa shape index (κ1) is 10.7. The maximum Gasteiger partial charge on any atom is 0.313 e. The minimum atomic E-state index is -0.398. The van der Waals surface area contributed by atoms with Gasteiger partial charge in [-0.15, -0.1) is 0 Å². The molecule has 0 amide bonds. The number of nitro groups is 1. The van der Waals surface area contributed by atoms with E-state index >= 15 is 0 Å². The second-order valence-electron chi connectivity index (χ2n) is 4.09. The quantitative estimate of drug-likeness (QED) is 0.579. The summed E-state index contributed by atoms with van der Waals surface area (Å²) in [4.78, 5) is 12.3. The molecule has 5 nitrogen and oxygen atoms in total. The maximum absolute atomic E-state index is 10.9. The Labute approximate surface area is 93.8 Å². The molecule has 5 heteroatoms. The highest BCUT2D eigenvalue weighted by Crippen LogP contribution is 2.40. The van der Waals surface area contributed by atoms with Crippen molar-refractivity contribution in [3.8, 4) is 5.75 Å². The van der Waals surface area contributed by atoms with Crippen molar-refractivity contribution >= 4 is 11.4 Å². The van der Waals surface area contributed by atoms with Crippen molar-refractivity contribution in [2.75, 3.05) is 19.0 Å². The van der Waals surface area contributed by atoms with Gasteiger partial charge in [0.15, 0.2) is 0 Å². The Balaban J connectivity index is 2.42. The minimum Gasteiger partial charge on any atom is -0.482 e. The summed E-state index contributed by atoms with van der Waals surface area (Å²) < 4.78 is 5.63. The highest BCUT2D eigenvalue weighted by Gasteiger charge is 2.29. The number of hydrogen-bond donors (Lipinski definition) is 0. The van der Waals surface area contributed by atoms with Crippen LogP contribution in [-0.2, 0) is 0 Å². The van der Waals surface area contributed by atoms with Crippen molar-refractivity contribution in [2.45, 2.75) is 18.9 Å². The molecule has 1 fully saturated rings. The van der Waals surface area contributed by atoms with Crippen LogP contribution in [0.15, 0.2) is 18.2 Å². The molecule has 0 spiro atoms. The van der Waals surface area contributed by atoms with Crippen LogP contribution in [0, 0.1) is 10.1 Å². The number of nitro benzene ring substituents is 1. The third kappa shape index (κ3) is 2.08. The molecule has 1 aliphatic carbocycles. The van der Waals surface area contributed by atoms with Crippen LogP contribution in [0.25, 0.3) is 0 Å². The van der Waals surface area contributed by atoms with Gasteiger partial charge >= 0.3 is 5.69 Å². The van der Waals surface area contributed by atoms with Gasteiger partial charge in [-0.1, -0.05) is 6.07 Å². The van der Waals surface area contributed by atoms with Crippen LogP contribution in [0.2, 0.25) is 0 Å². The Morgan fingerprint density at radius 2 is 2.12 bits per heavy atom. The van der Waals surface area contributed by atoms with Crippen molar-refractivity contribution < 1.29 is 9.66 Å². The molecule has 1 saturated carbocycles. The van der Waals surface area contributed by atoms with Crippen LogP contribution in [0.5, 0.6) is 5.75 Å². The predicted octanol–water partition coefficient (Wildman–Crippen LogP) is 2.20. The van der Waals surface area contributed by atoms with Crippen LogP contribution >= 0.6 is 0 Å². The van der Waals surface area contributed by atoms with Gasteiger partial charge in [0.05, 0.1) is 16.7 Å². The van der Waals surface area contributed by atoms with Crippen LogP contribution in [0.4, 0.5) is 11.4 Å². The number of rotatable bonds is 4. The summed E-state index contributed by atoms with van der Waals surface area (Å²) >= 11 is 0. The third-order valence-electron chi connectivity index (χ3n) is 2.46. The molecule has 0 atom stereocenters. The van der Waals surface area contributed by atoms with Crippen molar-refractivity contribution in [2.24, 2.45) is 0 Å². The Kier molecular flexibility index (Phi) is 2.68. The van der Waals surface area contributed by atoms with Crippen molar-refractivity contribution in [1.29, 1.82) is 0 Å². The summed E-state index contributed by atoms with van der Waals surface area (Å²) in [5.41, 5.74) is 0.791. The van der Waals surface area contributed by atoms with Crippen molar-refractivity contribution in [3.63, 3.8) is 0 Å². The van der Waals surface area contributed by atoms with Crippen LogP contribution < -0.4 is 9.64 Å². The van der Waals surface area contributed by atoms with E-state index in [0.29, 0.717) is 5.75 Å². The number of ether oxygens (including phenoxy) is 1. The largest absolute Gasteiger partial charge is 0.482 e. The van der Waals surface area contributed by atoms with Gasteiger partial charge in [0.25, 0.3) is 0 Å². The molecular formula is C11H14N2O3. The average molecular weight is 222 g/mol. The van der Waals surface area contributed by atoms with E-state index in [1.165, 1.54) is 6.07 Å². The van der Waals surface area contributed by atoms with Gasteiger partial charge in [0, 0.05) is 20.2 Å². The molecule has 0 N–H and O–H groups in total. The van der Waals surface area contributed by atoms with E-state index < -0.39 is 4.92 Å². The van der Waals surface area contributed by atoms with E-state index in [-0.39, 0.29) is 11.8 Å². The van der Waals surface area contributed by atoms with Crippen molar-refractivity contribution in [3.05, 3.63) is 28.3 Å². The summed E-state index contributed by atoms with van der Waals surface area (Å²) in [5.74, 6) is 0.389. The number of hydrogen-bond acceptors (Lipinski definition) is 4. The first-order valence-electron chi connectivity index (χ1n) is 5.21. The highest BCUT2D eigenvalue weighted by atomic mass is 16.6. The standard InChI is InChI=1S/C11H14N2O3/c1-12(2)9-4-3-5-10(13(14)15)11(9)16-8-6-7-8/h3-5,8H,6-7H2,1-2H3. The molecule has 0 saturated heterocycles. The Hall–Kier alpha value is -1.78. The molecule has 0 unspecified atom stereocenters. The number of para-hydroxylation sites is 1. The smallest absolute Gasteiger partial charge is 0.313 e. The van der Waals surface area contributed by atoms with E-state index in [1.54, 1.807) is 6.07 Å². The Morgan fingerprint density at radius 1 is 1.44 bits per heavy atom. The highest BCUT2D eigenvalue weighted by molar-refractivity contribution is 5.67. The molecule has 1 aromatic carbocycles. The Morgan fingerprint density at radius 3 is 2.62 bits per heavy atom. The molecule has 2 rings (SSSR count). The van der Waals surface area contributed by atoms with E-state index in [1.807, 2.05) is 25.1 Å². The maximum atomic E-state index is 10.9. The topological polar surface area (TPSA) is 55.6 Å². The zero-order valence-electron chi connectivity index (χ0n) is 9.34. The fraction of sp³-hybridized carbons (Fsp3) is 0.455. The van der Waals surface area contributed by atoms with E-state index in [9.17, 15) is 10.1 Å². The summed E-state index contributed by atoms with van der Waals surface area (Å²) in [5, 5.41) is 10.9. The van der Waals surface area contributed by atoms with E-state index in [0.717, 1.165) is 18.5 Å². The van der Waals surface area contributed by atoms with Crippen LogP contribution in [-0.4, -0.2) is 25.1 Å². The van der Waals surface area contributed by atoms with Crippen LogP contribution in [0.1, 0.15) is 12.8 Å². The van der Waals surface area contributed by atoms with Crippen molar-refractivity contribution in [1.82, 2.24) is 0 Å². The average Bonchev–Trinajstić information content (AvgIpc) is 3.01. The lowest BCUT2D eigenvalue weighted by Crippen LogP contribution is -2.12. The number of nitrogens with zero attached hydrogens (tertiary/aromatic N) is 2. The Bertz CT molecular complexity index is 414. The van der Waals surface area contributed by atoms with Gasteiger partial charge < -0.3 is 9.64 Å². The first-order valence-corrected chi connectivity index (χ1v) is 5.21. The lowest BCUT2D eigenvalue weighted by molar-refractivity contribution is -0.385. The molecule has 0 heterocycles. The zero-order valence-corrected chi connectivity index (χ0v) is 9.34. The second kappa shape index (κ2) is 4.00. The molecular weight excluding hydrogens is 208 g/mol. The number of anilines is 1. The van der Waals surface area contributed by atoms with E-state index in [4.69, 9.17) is 4.74 Å². The first-order chi connectivity index (χ1) is 7.59. The van der Waals surface area contributed by atoms with Gasteiger partial charge in [-0.3, -0.25) is 10.1 Å². The van der Waals surface area contributed by atoms with Gasteiger partial charge in [0.2, 0.25) is 5.75 Å². The lowest BCUT2D eigenvalue weighted by atomic mass is 10.2. The van der Waals surface area contributed by atoms with Gasteiger partial charge in [0.1, 0.15) is 0 Å². The SMILES string of the molecule is CN(C)c1cccc([N+](=O)[O-])c1OC1CC1. The summed E-state index contributed by atoms with van der Waals surface area (Å²) in [6.45, 7) is 0. The molecule has 86 valence electrons. The normalized spacial score (nSPS) is 14.6. The molecule has 0 aliphatic heterocycles. The third-order valence-corrected chi connectivity index (χ3v) is 2.46. The monoisotopic (exact) mass is 222 g/mol. The molecule has 1 aromatic rings. The molecule has 0 bridgehead atoms. The molecule has 0 aromatic heterocycles. The fourth-order valence-electron chi connectivity index (χ4n) is 1.48. The molecule has 1 aliphatic rings. The predicted molar refractivity (Wildman–Crippen MR) is 61.1 cm³/mol. The van der Waals surface area contributed by atoms with Gasteiger partial charge in [-0.05, 0) is 18.9 Å². The summed E-state index contributed by atoms with van der Waals surface area (Å²) in [6, 6.07) is 4.97. The number of benzene rings is 1. The van der Waals surface area contributed by atoms with E-state index in [2.05, 4.69) is 0 Å². The lowest BCUT2D eigenvalue weighted by Gasteiger charge is -2.17. The molecule has 16 heavy (non-hydrogen) atoms. The summed E-state index contributed by atoms with van der Waals surface area (Å²) in [6.07, 6.45) is 2.12. The second-order valence-corrected chi connectivity index (χ2v) is 4.09. The zero-order chi connectivity index (χ0) is 11.7.